The maximum absolute atomic E-state index is 12.1. The quantitative estimate of drug-likeness (QED) is 0.771. The zero-order valence-corrected chi connectivity index (χ0v) is 11.8. The number of amides is 1. The number of benzene rings is 1. The molecule has 6 heteroatoms. The Hall–Kier alpha value is -2.18. The maximum atomic E-state index is 12.1. The van der Waals surface area contributed by atoms with Crippen LogP contribution in [0.3, 0.4) is 0 Å². The highest BCUT2D eigenvalue weighted by Gasteiger charge is 2.12. The van der Waals surface area contributed by atoms with Crippen LogP contribution in [0.2, 0.25) is 0 Å². The Bertz CT molecular complexity index is 775. The number of carboxylic acids is 1. The van der Waals surface area contributed by atoms with Gasteiger partial charge in [0.2, 0.25) is 0 Å². The van der Waals surface area contributed by atoms with E-state index in [1.54, 1.807) is 23.5 Å². The van der Waals surface area contributed by atoms with Gasteiger partial charge in [-0.05, 0) is 35.7 Å². The molecule has 100 valence electrons. The minimum atomic E-state index is -1.02. The molecule has 3 aromatic rings. The van der Waals surface area contributed by atoms with Crippen LogP contribution in [0.15, 0.2) is 41.8 Å². The van der Waals surface area contributed by atoms with E-state index in [4.69, 9.17) is 5.11 Å². The first-order chi connectivity index (χ1) is 9.63. The van der Waals surface area contributed by atoms with Crippen molar-refractivity contribution in [1.82, 2.24) is 0 Å². The van der Waals surface area contributed by atoms with Crippen LogP contribution >= 0.6 is 22.7 Å². The largest absolute Gasteiger partial charge is 0.478 e. The van der Waals surface area contributed by atoms with Gasteiger partial charge in [-0.3, -0.25) is 4.79 Å². The topological polar surface area (TPSA) is 66.4 Å². The average molecular weight is 303 g/mol. The standard InChI is InChI=1S/C14H9NO3S2/c16-13(12-7-11-10(20-12)4-5-19-11)15-9-3-1-2-8(6-9)14(17)18/h1-7H,(H,15,16)(H,17,18). The fraction of sp³-hybridized carbons (Fsp3) is 0. The fourth-order valence-electron chi connectivity index (χ4n) is 1.80. The molecule has 0 atom stereocenters. The van der Waals surface area contributed by atoms with Crippen molar-refractivity contribution in [3.05, 3.63) is 52.2 Å². The fourth-order valence-corrected chi connectivity index (χ4v) is 3.80. The Morgan fingerprint density at radius 2 is 1.95 bits per heavy atom. The summed E-state index contributed by atoms with van der Waals surface area (Å²) in [5.41, 5.74) is 0.626. The van der Waals surface area contributed by atoms with Crippen molar-refractivity contribution in [2.45, 2.75) is 0 Å². The van der Waals surface area contributed by atoms with Crippen molar-refractivity contribution in [2.24, 2.45) is 0 Å². The van der Waals surface area contributed by atoms with Crippen LogP contribution in [0, 0.1) is 0 Å². The van der Waals surface area contributed by atoms with E-state index < -0.39 is 5.97 Å². The van der Waals surface area contributed by atoms with Crippen LogP contribution in [-0.2, 0) is 0 Å². The summed E-state index contributed by atoms with van der Waals surface area (Å²) in [6.07, 6.45) is 0. The van der Waals surface area contributed by atoms with Crippen LogP contribution < -0.4 is 5.32 Å². The Labute approximate surface area is 122 Å². The summed E-state index contributed by atoms with van der Waals surface area (Å²) < 4.78 is 2.17. The summed E-state index contributed by atoms with van der Waals surface area (Å²) in [7, 11) is 0. The van der Waals surface area contributed by atoms with Crippen molar-refractivity contribution in [3.63, 3.8) is 0 Å². The second-order valence-corrected chi connectivity index (χ2v) is 6.13. The summed E-state index contributed by atoms with van der Waals surface area (Å²) in [6.45, 7) is 0. The molecule has 1 amide bonds. The number of fused-ring (bicyclic) bond motifs is 1. The summed E-state index contributed by atoms with van der Waals surface area (Å²) in [6, 6.07) is 10.0. The van der Waals surface area contributed by atoms with E-state index in [0.717, 1.165) is 9.40 Å². The van der Waals surface area contributed by atoms with E-state index in [2.05, 4.69) is 5.32 Å². The predicted octanol–water partition coefficient (Wildman–Crippen LogP) is 3.91. The van der Waals surface area contributed by atoms with Crippen molar-refractivity contribution >= 4 is 49.6 Å². The molecule has 0 fully saturated rings. The van der Waals surface area contributed by atoms with Gasteiger partial charge in [0.05, 0.1) is 10.4 Å². The molecule has 0 aliphatic heterocycles. The summed E-state index contributed by atoms with van der Waals surface area (Å²) in [4.78, 5) is 23.6. The van der Waals surface area contributed by atoms with Crippen molar-refractivity contribution < 1.29 is 14.7 Å². The SMILES string of the molecule is O=C(O)c1cccc(NC(=O)c2cc3sccc3s2)c1. The Morgan fingerprint density at radius 1 is 1.10 bits per heavy atom. The number of carboxylic acid groups (broad SMARTS) is 1. The van der Waals surface area contributed by atoms with Gasteiger partial charge in [0.15, 0.2) is 0 Å². The van der Waals surface area contributed by atoms with E-state index in [-0.39, 0.29) is 11.5 Å². The Morgan fingerprint density at radius 3 is 2.70 bits per heavy atom. The highest BCUT2D eigenvalue weighted by molar-refractivity contribution is 7.27. The van der Waals surface area contributed by atoms with E-state index in [0.29, 0.717) is 10.6 Å². The molecule has 3 rings (SSSR count). The predicted molar refractivity (Wildman–Crippen MR) is 81.1 cm³/mol. The van der Waals surface area contributed by atoms with Gasteiger partial charge in [-0.25, -0.2) is 4.79 Å². The molecule has 0 aliphatic carbocycles. The molecule has 2 heterocycles. The number of nitrogens with one attached hydrogen (secondary N) is 1. The Balaban J connectivity index is 1.83. The molecule has 0 spiro atoms. The molecule has 4 nitrogen and oxygen atoms in total. The minimum Gasteiger partial charge on any atom is -0.478 e. The van der Waals surface area contributed by atoms with Crippen molar-refractivity contribution in [1.29, 1.82) is 0 Å². The van der Waals surface area contributed by atoms with Crippen molar-refractivity contribution in [3.8, 4) is 0 Å². The van der Waals surface area contributed by atoms with Crippen LogP contribution in [0.25, 0.3) is 9.40 Å². The van der Waals surface area contributed by atoms with Crippen LogP contribution in [-0.4, -0.2) is 17.0 Å². The number of rotatable bonds is 3. The normalized spacial score (nSPS) is 10.6. The van der Waals surface area contributed by atoms with Crippen molar-refractivity contribution in [2.75, 3.05) is 5.32 Å². The molecular formula is C14H9NO3S2. The van der Waals surface area contributed by atoms with Gasteiger partial charge in [0.1, 0.15) is 0 Å². The molecule has 0 unspecified atom stereocenters. The van der Waals surface area contributed by atoms with Crippen LogP contribution in [0.1, 0.15) is 20.0 Å². The average Bonchev–Trinajstić information content (AvgIpc) is 2.99. The van der Waals surface area contributed by atoms with E-state index in [1.807, 2.05) is 17.5 Å². The number of anilines is 1. The lowest BCUT2D eigenvalue weighted by Crippen LogP contribution is -2.10. The third-order valence-electron chi connectivity index (χ3n) is 2.73. The van der Waals surface area contributed by atoms with Gasteiger partial charge < -0.3 is 10.4 Å². The lowest BCUT2D eigenvalue weighted by atomic mass is 10.2. The van der Waals surface area contributed by atoms with E-state index in [1.165, 1.54) is 23.5 Å². The van der Waals surface area contributed by atoms with Crippen LogP contribution in [0.4, 0.5) is 5.69 Å². The summed E-state index contributed by atoms with van der Waals surface area (Å²) >= 11 is 3.01. The molecule has 0 saturated heterocycles. The highest BCUT2D eigenvalue weighted by Crippen LogP contribution is 2.30. The number of thiophene rings is 2. The molecule has 0 radical (unpaired) electrons. The first-order valence-corrected chi connectivity index (χ1v) is 7.45. The van der Waals surface area contributed by atoms with Gasteiger partial charge in [-0.2, -0.15) is 0 Å². The van der Waals surface area contributed by atoms with E-state index in [9.17, 15) is 9.59 Å². The molecular weight excluding hydrogens is 294 g/mol. The van der Waals surface area contributed by atoms with E-state index >= 15 is 0 Å². The van der Waals surface area contributed by atoms with Crippen LogP contribution in [0.5, 0.6) is 0 Å². The lowest BCUT2D eigenvalue weighted by molar-refractivity contribution is 0.0696. The van der Waals surface area contributed by atoms with Gasteiger partial charge in [0.25, 0.3) is 5.91 Å². The monoisotopic (exact) mass is 303 g/mol. The highest BCUT2D eigenvalue weighted by atomic mass is 32.1. The van der Waals surface area contributed by atoms with Gasteiger partial charge in [-0.15, -0.1) is 22.7 Å². The number of hydrogen-bond acceptors (Lipinski definition) is 4. The third kappa shape index (κ3) is 2.43. The molecule has 20 heavy (non-hydrogen) atoms. The lowest BCUT2D eigenvalue weighted by Gasteiger charge is -2.04. The molecule has 2 N–H and O–H groups in total. The Kier molecular flexibility index (Phi) is 3.25. The third-order valence-corrected chi connectivity index (χ3v) is 4.82. The molecule has 2 aromatic heterocycles. The number of carbonyl (C=O) groups is 2. The smallest absolute Gasteiger partial charge is 0.335 e. The number of hydrogen-bond donors (Lipinski definition) is 2. The first kappa shape index (κ1) is 12.8. The second kappa shape index (κ2) is 5.07. The van der Waals surface area contributed by atoms with Gasteiger partial charge >= 0.3 is 5.97 Å². The zero-order valence-electron chi connectivity index (χ0n) is 10.1. The second-order valence-electron chi connectivity index (χ2n) is 4.10. The zero-order chi connectivity index (χ0) is 14.1. The maximum Gasteiger partial charge on any atom is 0.335 e. The summed E-state index contributed by atoms with van der Waals surface area (Å²) in [5, 5.41) is 13.6. The number of aromatic carboxylic acids is 1. The summed E-state index contributed by atoms with van der Waals surface area (Å²) in [5.74, 6) is -1.24. The number of carbonyl (C=O) groups excluding carboxylic acids is 1. The molecule has 1 aromatic carbocycles. The van der Waals surface area contributed by atoms with Gasteiger partial charge in [-0.1, -0.05) is 6.07 Å². The minimum absolute atomic E-state index is 0.148. The van der Waals surface area contributed by atoms with Gasteiger partial charge in [0, 0.05) is 15.1 Å². The molecule has 0 aliphatic rings. The molecule has 0 saturated carbocycles. The molecule has 0 bridgehead atoms. The first-order valence-electron chi connectivity index (χ1n) is 5.75.